The van der Waals surface area contributed by atoms with E-state index in [4.69, 9.17) is 9.84 Å². The molecule has 2 aromatic heterocycles. The fourth-order valence-electron chi connectivity index (χ4n) is 1.43. The zero-order valence-electron chi connectivity index (χ0n) is 8.17. The lowest BCUT2D eigenvalue weighted by Gasteiger charge is -2.01. The van der Waals surface area contributed by atoms with Crippen molar-refractivity contribution in [2.24, 2.45) is 0 Å². The summed E-state index contributed by atoms with van der Waals surface area (Å²) >= 11 is 0. The number of ether oxygens (including phenoxy) is 1. The van der Waals surface area contributed by atoms with Crippen molar-refractivity contribution in [3.05, 3.63) is 30.2 Å². The van der Waals surface area contributed by atoms with Crippen LogP contribution in [-0.4, -0.2) is 27.6 Å². The highest BCUT2D eigenvalue weighted by Gasteiger charge is 2.07. The minimum absolute atomic E-state index is 0.0342. The van der Waals surface area contributed by atoms with Crippen molar-refractivity contribution in [2.75, 3.05) is 7.11 Å². The third kappa shape index (κ3) is 1.76. The number of nitrogens with zero attached hydrogens (tertiary/aromatic N) is 2. The van der Waals surface area contributed by atoms with E-state index in [1.807, 2.05) is 0 Å². The summed E-state index contributed by atoms with van der Waals surface area (Å²) in [5.74, 6) is -0.164. The second kappa shape index (κ2) is 3.61. The van der Waals surface area contributed by atoms with Gasteiger partial charge in [-0.05, 0) is 6.07 Å². The molecule has 5 nitrogen and oxygen atoms in total. The third-order valence-corrected chi connectivity index (χ3v) is 2.13. The molecule has 78 valence electrons. The number of imidazole rings is 1. The molecule has 0 saturated carbocycles. The summed E-state index contributed by atoms with van der Waals surface area (Å²) < 4.78 is 6.78. The summed E-state index contributed by atoms with van der Waals surface area (Å²) in [6.07, 6.45) is 3.27. The first-order chi connectivity index (χ1) is 7.20. The van der Waals surface area contributed by atoms with Crippen molar-refractivity contribution >= 4 is 11.6 Å². The van der Waals surface area contributed by atoms with Crippen molar-refractivity contribution < 1.29 is 14.6 Å². The Morgan fingerprint density at radius 3 is 3.13 bits per heavy atom. The number of pyridine rings is 1. The standard InChI is InChI=1S/C10H10N2O3/c1-15-8-2-3-12-7(4-10(13)14)6-11-9(12)5-8/h2-3,5-6H,4H2,1H3,(H,13,14). The van der Waals surface area contributed by atoms with Gasteiger partial charge in [-0.25, -0.2) is 4.98 Å². The molecular weight excluding hydrogens is 196 g/mol. The smallest absolute Gasteiger partial charge is 0.309 e. The Hall–Kier alpha value is -2.04. The molecule has 0 atom stereocenters. The van der Waals surface area contributed by atoms with Crippen LogP contribution in [0, 0.1) is 0 Å². The lowest BCUT2D eigenvalue weighted by Crippen LogP contribution is -2.02. The van der Waals surface area contributed by atoms with Crippen molar-refractivity contribution in [3.63, 3.8) is 0 Å². The average molecular weight is 206 g/mol. The molecule has 0 saturated heterocycles. The Morgan fingerprint density at radius 2 is 2.47 bits per heavy atom. The molecule has 1 N–H and O–H groups in total. The van der Waals surface area contributed by atoms with E-state index >= 15 is 0 Å². The molecule has 0 bridgehead atoms. The SMILES string of the molecule is COc1ccn2c(CC(=O)O)cnc2c1. The highest BCUT2D eigenvalue weighted by molar-refractivity contribution is 5.70. The molecular formula is C10H10N2O3. The molecule has 0 aliphatic carbocycles. The van der Waals surface area contributed by atoms with Gasteiger partial charge >= 0.3 is 5.97 Å². The maximum absolute atomic E-state index is 10.6. The van der Waals surface area contributed by atoms with Gasteiger partial charge in [0.15, 0.2) is 0 Å². The maximum atomic E-state index is 10.6. The first-order valence-electron chi connectivity index (χ1n) is 4.42. The van der Waals surface area contributed by atoms with Crippen LogP contribution in [0.2, 0.25) is 0 Å². The van der Waals surface area contributed by atoms with Gasteiger partial charge in [0.1, 0.15) is 11.4 Å². The number of carboxylic acids is 1. The molecule has 2 heterocycles. The number of rotatable bonds is 3. The van der Waals surface area contributed by atoms with Crippen LogP contribution in [0.15, 0.2) is 24.5 Å². The lowest BCUT2D eigenvalue weighted by atomic mass is 10.3. The normalized spacial score (nSPS) is 10.5. The number of fused-ring (bicyclic) bond motifs is 1. The van der Waals surface area contributed by atoms with Gasteiger partial charge < -0.3 is 14.2 Å². The van der Waals surface area contributed by atoms with Gasteiger partial charge in [0.25, 0.3) is 0 Å². The Balaban J connectivity index is 2.47. The highest BCUT2D eigenvalue weighted by Crippen LogP contribution is 2.15. The molecule has 0 spiro atoms. The first kappa shape index (κ1) is 9.51. The Bertz CT molecular complexity index is 504. The third-order valence-electron chi connectivity index (χ3n) is 2.13. The van der Waals surface area contributed by atoms with Crippen molar-refractivity contribution in [1.29, 1.82) is 0 Å². The van der Waals surface area contributed by atoms with E-state index in [1.165, 1.54) is 0 Å². The van der Waals surface area contributed by atoms with Gasteiger partial charge in [-0.3, -0.25) is 4.79 Å². The number of carbonyl (C=O) groups is 1. The Morgan fingerprint density at radius 1 is 1.67 bits per heavy atom. The van der Waals surface area contributed by atoms with Crippen LogP contribution < -0.4 is 4.74 Å². The van der Waals surface area contributed by atoms with Gasteiger partial charge in [-0.2, -0.15) is 0 Å². The van der Waals surface area contributed by atoms with Gasteiger partial charge in [-0.1, -0.05) is 0 Å². The molecule has 0 aliphatic heterocycles. The molecule has 0 unspecified atom stereocenters. The van der Waals surface area contributed by atoms with Gasteiger partial charge in [0, 0.05) is 18.5 Å². The van der Waals surface area contributed by atoms with E-state index in [9.17, 15) is 4.79 Å². The topological polar surface area (TPSA) is 63.8 Å². The number of methoxy groups -OCH3 is 1. The molecule has 0 amide bonds. The summed E-state index contributed by atoms with van der Waals surface area (Å²) in [6.45, 7) is 0. The van der Waals surface area contributed by atoms with E-state index < -0.39 is 5.97 Å². The summed E-state index contributed by atoms with van der Waals surface area (Å²) in [5.41, 5.74) is 1.34. The molecule has 0 aromatic carbocycles. The maximum Gasteiger partial charge on any atom is 0.309 e. The monoisotopic (exact) mass is 206 g/mol. The van der Waals surface area contributed by atoms with Crippen LogP contribution in [0.1, 0.15) is 5.69 Å². The molecule has 15 heavy (non-hydrogen) atoms. The largest absolute Gasteiger partial charge is 0.497 e. The van der Waals surface area contributed by atoms with Crippen molar-refractivity contribution in [3.8, 4) is 5.75 Å². The van der Waals surface area contributed by atoms with Crippen LogP contribution in [0.4, 0.5) is 0 Å². The van der Waals surface area contributed by atoms with Crippen LogP contribution >= 0.6 is 0 Å². The minimum atomic E-state index is -0.868. The second-order valence-electron chi connectivity index (χ2n) is 3.11. The predicted octanol–water partition coefficient (Wildman–Crippen LogP) is 0.970. The molecule has 2 aromatic rings. The summed E-state index contributed by atoms with van der Waals surface area (Å²) in [4.78, 5) is 14.7. The van der Waals surface area contributed by atoms with Crippen LogP contribution in [-0.2, 0) is 11.2 Å². The fourth-order valence-corrected chi connectivity index (χ4v) is 1.43. The lowest BCUT2D eigenvalue weighted by molar-refractivity contribution is -0.136. The number of aliphatic carboxylic acids is 1. The van der Waals surface area contributed by atoms with Gasteiger partial charge in [0.2, 0.25) is 0 Å². The van der Waals surface area contributed by atoms with Gasteiger partial charge in [0.05, 0.1) is 19.2 Å². The van der Waals surface area contributed by atoms with Crippen LogP contribution in [0.5, 0.6) is 5.75 Å². The number of hydrogen-bond donors (Lipinski definition) is 1. The molecule has 0 radical (unpaired) electrons. The number of aromatic nitrogens is 2. The molecule has 0 aliphatic rings. The second-order valence-corrected chi connectivity index (χ2v) is 3.11. The Labute approximate surface area is 85.9 Å². The van der Waals surface area contributed by atoms with Crippen LogP contribution in [0.25, 0.3) is 5.65 Å². The first-order valence-corrected chi connectivity index (χ1v) is 4.42. The summed E-state index contributed by atoms with van der Waals surface area (Å²) in [5, 5.41) is 8.68. The zero-order valence-corrected chi connectivity index (χ0v) is 8.17. The van der Waals surface area contributed by atoms with E-state index in [-0.39, 0.29) is 6.42 Å². The molecule has 2 rings (SSSR count). The number of hydrogen-bond acceptors (Lipinski definition) is 3. The number of carboxylic acid groups (broad SMARTS) is 1. The van der Waals surface area contributed by atoms with E-state index in [2.05, 4.69) is 4.98 Å². The zero-order chi connectivity index (χ0) is 10.8. The quantitative estimate of drug-likeness (QED) is 0.812. The minimum Gasteiger partial charge on any atom is -0.497 e. The average Bonchev–Trinajstić information content (AvgIpc) is 2.60. The van der Waals surface area contributed by atoms with E-state index in [0.717, 1.165) is 0 Å². The highest BCUT2D eigenvalue weighted by atomic mass is 16.5. The predicted molar refractivity (Wildman–Crippen MR) is 53.1 cm³/mol. The Kier molecular flexibility index (Phi) is 2.29. The molecule has 0 fully saturated rings. The van der Waals surface area contributed by atoms with Gasteiger partial charge in [-0.15, -0.1) is 0 Å². The fraction of sp³-hybridized carbons (Fsp3) is 0.200. The van der Waals surface area contributed by atoms with E-state index in [0.29, 0.717) is 17.1 Å². The summed E-state index contributed by atoms with van der Waals surface area (Å²) in [6, 6.07) is 3.52. The van der Waals surface area contributed by atoms with Crippen LogP contribution in [0.3, 0.4) is 0 Å². The summed E-state index contributed by atoms with van der Waals surface area (Å²) in [7, 11) is 1.58. The molecule has 5 heteroatoms. The van der Waals surface area contributed by atoms with Crippen molar-refractivity contribution in [1.82, 2.24) is 9.38 Å². The van der Waals surface area contributed by atoms with E-state index in [1.54, 1.807) is 36.0 Å². The van der Waals surface area contributed by atoms with Crippen molar-refractivity contribution in [2.45, 2.75) is 6.42 Å².